The molecule has 4 aromatic rings. The summed E-state index contributed by atoms with van der Waals surface area (Å²) < 4.78 is 2.40. The second-order valence-corrected chi connectivity index (χ2v) is 8.03. The first-order chi connectivity index (χ1) is 14.7. The van der Waals surface area contributed by atoms with Crippen LogP contribution in [0.3, 0.4) is 0 Å². The van der Waals surface area contributed by atoms with Gasteiger partial charge in [0.2, 0.25) is 0 Å². The van der Waals surface area contributed by atoms with Crippen LogP contribution in [0.2, 0.25) is 0 Å². The van der Waals surface area contributed by atoms with Gasteiger partial charge in [0.15, 0.2) is 0 Å². The van der Waals surface area contributed by atoms with E-state index in [2.05, 4.69) is 121 Å². The van der Waals surface area contributed by atoms with Gasteiger partial charge in [-0.15, -0.1) is 0 Å². The monoisotopic (exact) mass is 395 g/mol. The van der Waals surface area contributed by atoms with Gasteiger partial charge < -0.3 is 9.47 Å². The number of hydrogen-bond acceptors (Lipinski definition) is 2. The maximum Gasteiger partial charge on any atom is 0.0967 e. The van der Waals surface area contributed by atoms with Crippen molar-refractivity contribution in [3.8, 4) is 22.5 Å². The highest BCUT2D eigenvalue weighted by Gasteiger charge is 2.36. The van der Waals surface area contributed by atoms with Crippen LogP contribution < -0.4 is 0 Å². The van der Waals surface area contributed by atoms with Crippen molar-refractivity contribution in [1.82, 2.24) is 14.5 Å². The number of likely N-dealkylation sites (N-methyl/N-ethyl adjacent to an activating group) is 1. The summed E-state index contributed by atoms with van der Waals surface area (Å²) in [7, 11) is 4.29. The van der Waals surface area contributed by atoms with Gasteiger partial charge in [0.05, 0.1) is 23.3 Å². The third-order valence-electron chi connectivity index (χ3n) is 5.80. The van der Waals surface area contributed by atoms with Gasteiger partial charge in [0, 0.05) is 17.7 Å². The van der Waals surface area contributed by atoms with Crippen molar-refractivity contribution in [2.45, 2.75) is 18.9 Å². The van der Waals surface area contributed by atoms with Crippen molar-refractivity contribution in [3.05, 3.63) is 103 Å². The Morgan fingerprint density at radius 2 is 1.30 bits per heavy atom. The van der Waals surface area contributed by atoms with Gasteiger partial charge in [-0.25, -0.2) is 4.98 Å². The summed E-state index contributed by atoms with van der Waals surface area (Å²) >= 11 is 0. The van der Waals surface area contributed by atoms with Crippen LogP contribution in [0.15, 0.2) is 97.3 Å². The lowest BCUT2D eigenvalue weighted by atomic mass is 9.85. The molecule has 0 aliphatic rings. The Morgan fingerprint density at radius 1 is 0.767 bits per heavy atom. The highest BCUT2D eigenvalue weighted by Crippen LogP contribution is 2.39. The molecule has 3 nitrogen and oxygen atoms in total. The molecular weight excluding hydrogens is 366 g/mol. The second-order valence-electron chi connectivity index (χ2n) is 8.03. The van der Waals surface area contributed by atoms with Gasteiger partial charge >= 0.3 is 0 Å². The first-order valence-corrected chi connectivity index (χ1v) is 10.5. The Labute approximate surface area is 179 Å². The smallest absolute Gasteiger partial charge is 0.0967 e. The Kier molecular flexibility index (Phi) is 5.82. The number of aromatic nitrogens is 2. The van der Waals surface area contributed by atoms with Crippen molar-refractivity contribution in [3.63, 3.8) is 0 Å². The van der Waals surface area contributed by atoms with Crippen LogP contribution in [0.1, 0.15) is 18.9 Å². The van der Waals surface area contributed by atoms with E-state index < -0.39 is 0 Å². The lowest BCUT2D eigenvalue weighted by Crippen LogP contribution is -2.43. The van der Waals surface area contributed by atoms with Crippen LogP contribution in [0.25, 0.3) is 22.5 Å². The van der Waals surface area contributed by atoms with Gasteiger partial charge in [-0.05, 0) is 26.1 Å². The van der Waals surface area contributed by atoms with Crippen molar-refractivity contribution < 1.29 is 0 Å². The Bertz CT molecular complexity index is 1070. The van der Waals surface area contributed by atoms with Gasteiger partial charge in [0.25, 0.3) is 0 Å². The first-order valence-electron chi connectivity index (χ1n) is 10.5. The lowest BCUT2D eigenvalue weighted by Gasteiger charge is -2.39. The van der Waals surface area contributed by atoms with E-state index in [1.807, 2.05) is 6.33 Å². The molecule has 0 fully saturated rings. The van der Waals surface area contributed by atoms with Crippen molar-refractivity contribution in [2.75, 3.05) is 20.6 Å². The summed E-state index contributed by atoms with van der Waals surface area (Å²) in [4.78, 5) is 7.23. The van der Waals surface area contributed by atoms with Crippen molar-refractivity contribution in [2.24, 2.45) is 0 Å². The average molecular weight is 396 g/mol. The van der Waals surface area contributed by atoms with Crippen LogP contribution >= 0.6 is 0 Å². The molecule has 152 valence electrons. The van der Waals surface area contributed by atoms with Crippen molar-refractivity contribution >= 4 is 0 Å². The predicted octanol–water partition coefficient (Wildman–Crippen LogP) is 5.93. The molecule has 0 aliphatic carbocycles. The number of nitrogens with zero attached hydrogens (tertiary/aromatic N) is 3. The topological polar surface area (TPSA) is 21.1 Å². The fourth-order valence-electron chi connectivity index (χ4n) is 4.42. The molecule has 3 aromatic carbocycles. The molecular formula is C27H29N3. The molecule has 1 heterocycles. The molecule has 1 aromatic heterocycles. The molecule has 0 bridgehead atoms. The fraction of sp³-hybridized carbons (Fsp3) is 0.222. The molecule has 3 heteroatoms. The van der Waals surface area contributed by atoms with Crippen LogP contribution in [-0.2, 0) is 5.54 Å². The Hall–Kier alpha value is -3.17. The number of benzene rings is 3. The Morgan fingerprint density at radius 3 is 1.83 bits per heavy atom. The summed E-state index contributed by atoms with van der Waals surface area (Å²) in [5, 5.41) is 0. The van der Waals surface area contributed by atoms with Gasteiger partial charge in [-0.1, -0.05) is 97.9 Å². The van der Waals surface area contributed by atoms with E-state index in [4.69, 9.17) is 4.98 Å². The maximum atomic E-state index is 4.95. The fourth-order valence-corrected chi connectivity index (χ4v) is 4.42. The zero-order chi connectivity index (χ0) is 21.0. The van der Waals surface area contributed by atoms with E-state index in [-0.39, 0.29) is 5.54 Å². The minimum absolute atomic E-state index is 0.226. The zero-order valence-corrected chi connectivity index (χ0v) is 18.0. The van der Waals surface area contributed by atoms with Gasteiger partial charge in [0.1, 0.15) is 0 Å². The van der Waals surface area contributed by atoms with E-state index >= 15 is 0 Å². The van der Waals surface area contributed by atoms with Crippen LogP contribution in [-0.4, -0.2) is 35.1 Å². The largest absolute Gasteiger partial charge is 0.318 e. The van der Waals surface area contributed by atoms with Gasteiger partial charge in [-0.3, -0.25) is 0 Å². The molecule has 0 N–H and O–H groups in total. The molecule has 0 amide bonds. The van der Waals surface area contributed by atoms with E-state index in [1.54, 1.807) is 0 Å². The van der Waals surface area contributed by atoms with E-state index in [0.29, 0.717) is 0 Å². The standard InChI is InChI=1S/C27H29N3/c1-4-27(20-29(2)3,24-18-12-7-13-19-24)30-21-28-25(22-14-8-5-9-15-22)26(30)23-16-10-6-11-17-23/h5-19,21H,4,20H2,1-3H3. The number of hydrogen-bond donors (Lipinski definition) is 0. The molecule has 1 unspecified atom stereocenters. The third-order valence-corrected chi connectivity index (χ3v) is 5.80. The summed E-state index contributed by atoms with van der Waals surface area (Å²) in [5.41, 5.74) is 5.58. The molecule has 0 aliphatic heterocycles. The minimum Gasteiger partial charge on any atom is -0.318 e. The van der Waals surface area contributed by atoms with E-state index in [0.717, 1.165) is 29.9 Å². The summed E-state index contributed by atoms with van der Waals surface area (Å²) in [5.74, 6) is 0. The normalized spacial score (nSPS) is 13.3. The SMILES string of the molecule is CCC(CN(C)C)(c1ccccc1)n1cnc(-c2ccccc2)c1-c1ccccc1. The minimum atomic E-state index is -0.226. The number of rotatable bonds is 7. The molecule has 1 atom stereocenters. The maximum absolute atomic E-state index is 4.95. The van der Waals surface area contributed by atoms with Crippen molar-refractivity contribution in [1.29, 1.82) is 0 Å². The van der Waals surface area contributed by atoms with E-state index in [1.165, 1.54) is 11.1 Å². The molecule has 4 rings (SSSR count). The number of imidazole rings is 1. The molecule has 0 saturated carbocycles. The average Bonchev–Trinajstić information content (AvgIpc) is 3.25. The lowest BCUT2D eigenvalue weighted by molar-refractivity contribution is 0.237. The first kappa shape index (κ1) is 20.1. The second kappa shape index (κ2) is 8.68. The van der Waals surface area contributed by atoms with Gasteiger partial charge in [-0.2, -0.15) is 0 Å². The molecule has 0 radical (unpaired) electrons. The highest BCUT2D eigenvalue weighted by atomic mass is 15.2. The van der Waals surface area contributed by atoms with Crippen LogP contribution in [0.5, 0.6) is 0 Å². The Balaban J connectivity index is 2.02. The predicted molar refractivity (Wildman–Crippen MR) is 125 cm³/mol. The molecule has 0 spiro atoms. The summed E-state index contributed by atoms with van der Waals surface area (Å²) in [6, 6.07) is 31.9. The van der Waals surface area contributed by atoms with Crippen LogP contribution in [0, 0.1) is 0 Å². The molecule has 30 heavy (non-hydrogen) atoms. The summed E-state index contributed by atoms with van der Waals surface area (Å²) in [6.07, 6.45) is 2.99. The quantitative estimate of drug-likeness (QED) is 0.386. The highest BCUT2D eigenvalue weighted by molar-refractivity contribution is 5.79. The molecule has 0 saturated heterocycles. The third kappa shape index (κ3) is 3.69. The zero-order valence-electron chi connectivity index (χ0n) is 18.0. The summed E-state index contributed by atoms with van der Waals surface area (Å²) in [6.45, 7) is 3.16. The van der Waals surface area contributed by atoms with E-state index in [9.17, 15) is 0 Å². The van der Waals surface area contributed by atoms with Crippen LogP contribution in [0.4, 0.5) is 0 Å².